The van der Waals surface area contributed by atoms with Crippen molar-refractivity contribution in [2.24, 2.45) is 27.6 Å². The number of aliphatic imine (C=N–C) groups is 2. The summed E-state index contributed by atoms with van der Waals surface area (Å²) in [5.41, 5.74) is 7.99. The van der Waals surface area contributed by atoms with E-state index in [1.165, 1.54) is 66.2 Å². The van der Waals surface area contributed by atoms with Gasteiger partial charge in [-0.05, 0) is 124 Å². The lowest BCUT2D eigenvalue weighted by molar-refractivity contribution is -0.123. The van der Waals surface area contributed by atoms with Gasteiger partial charge in [-0.25, -0.2) is 14.8 Å². The Morgan fingerprint density at radius 2 is 1.10 bits per heavy atom. The molecule has 658 valence electrons. The summed E-state index contributed by atoms with van der Waals surface area (Å²) in [4.78, 5) is 113. The molecule has 2 saturated heterocycles. The molecule has 0 radical (unpaired) electrons. The Hall–Kier alpha value is -11.1. The number of hydrogen-bond donors (Lipinski definition) is 9. The molecule has 10 N–H and O–H groups in total. The van der Waals surface area contributed by atoms with Gasteiger partial charge in [-0.3, -0.25) is 28.8 Å². The van der Waals surface area contributed by atoms with E-state index < -0.39 is 94.9 Å². The number of nitrogens with two attached hydrogens (primary N) is 1. The van der Waals surface area contributed by atoms with Gasteiger partial charge in [0.15, 0.2) is 24.6 Å². The summed E-state index contributed by atoms with van der Waals surface area (Å²) in [6.45, 7) is 24.8. The average molecular weight is 1720 g/mol. The number of allylic oxidation sites excluding steroid dienone is 4. The van der Waals surface area contributed by atoms with Gasteiger partial charge in [0.05, 0.1) is 48.9 Å². The number of Topliss-reactive ketones (excluding diaryl/α,β-unsaturated/α-hetero) is 1. The maximum Gasteiger partial charge on any atom is 0.405 e. The molecule has 10 atom stereocenters. The van der Waals surface area contributed by atoms with Crippen molar-refractivity contribution < 1.29 is 66.5 Å². The summed E-state index contributed by atoms with van der Waals surface area (Å²) >= 11 is 0. The number of carbonyl (C=O) groups is 7. The molecule has 5 heterocycles. The van der Waals surface area contributed by atoms with Crippen molar-refractivity contribution in [3.8, 4) is 5.75 Å². The summed E-state index contributed by atoms with van der Waals surface area (Å²) in [5, 5.41) is 38.5. The molecule has 28 heteroatoms. The van der Waals surface area contributed by atoms with Gasteiger partial charge in [-0.15, -0.1) is 0 Å². The Balaban J connectivity index is 0.710. The number of rotatable bonds is 27. The topological polar surface area (TPSA) is 337 Å². The van der Waals surface area contributed by atoms with E-state index in [2.05, 4.69) is 186 Å². The van der Waals surface area contributed by atoms with Gasteiger partial charge < -0.3 is 85.7 Å². The van der Waals surface area contributed by atoms with Gasteiger partial charge >= 0.3 is 6.09 Å². The van der Waals surface area contributed by atoms with E-state index in [4.69, 9.17) is 43.5 Å². The summed E-state index contributed by atoms with van der Waals surface area (Å²) in [7, 11) is -2.76. The van der Waals surface area contributed by atoms with Crippen LogP contribution < -0.4 is 68.4 Å². The van der Waals surface area contributed by atoms with Gasteiger partial charge in [0.1, 0.15) is 11.9 Å². The maximum atomic E-state index is 14.6. The van der Waals surface area contributed by atoms with Crippen LogP contribution in [0.15, 0.2) is 232 Å². The minimum absolute atomic E-state index is 0.0538. The first-order valence-electron chi connectivity index (χ1n) is 43.1. The van der Waals surface area contributed by atoms with Crippen molar-refractivity contribution in [2.45, 2.75) is 180 Å². The summed E-state index contributed by atoms with van der Waals surface area (Å²) < 4.78 is 37.9. The van der Waals surface area contributed by atoms with Crippen molar-refractivity contribution >= 4 is 90.6 Å². The molecular formula is C96H122N12O14Si2. The molecule has 124 heavy (non-hydrogen) atoms. The lowest BCUT2D eigenvalue weighted by atomic mass is 9.85. The molecule has 6 aromatic rings. The molecule has 0 saturated carbocycles. The summed E-state index contributed by atoms with van der Waals surface area (Å²) in [6.07, 6.45) is 6.21. The number of aliphatic hydroxyl groups excluding tert-OH is 1. The zero-order chi connectivity index (χ0) is 88.5. The monoisotopic (exact) mass is 1720 g/mol. The first kappa shape index (κ1) is 92.1. The predicted molar refractivity (Wildman–Crippen MR) is 486 cm³/mol. The molecule has 6 aliphatic rings. The number of aliphatic hydroxyl groups is 1. The molecule has 6 aromatic carbocycles. The molecule has 5 aliphatic heterocycles. The number of hydrogen-bond acceptors (Lipinski definition) is 21. The highest BCUT2D eigenvalue weighted by Crippen LogP contribution is 2.40. The normalized spacial score (nSPS) is 23.6. The Bertz CT molecular complexity index is 4730. The third kappa shape index (κ3) is 22.5. The van der Waals surface area contributed by atoms with Gasteiger partial charge in [0, 0.05) is 113 Å². The summed E-state index contributed by atoms with van der Waals surface area (Å²) in [6, 6.07) is 53.8. The number of ketones is 2. The molecule has 12 rings (SSSR count). The number of nitrogens with zero attached hydrogens (tertiary/aromatic N) is 4. The molecule has 2 fully saturated rings. The van der Waals surface area contributed by atoms with Crippen LogP contribution in [0.5, 0.6) is 5.75 Å². The van der Waals surface area contributed by atoms with Crippen LogP contribution >= 0.6 is 0 Å². The highest BCUT2D eigenvalue weighted by molar-refractivity contribution is 7.00. The third-order valence-electron chi connectivity index (χ3n) is 24.2. The van der Waals surface area contributed by atoms with E-state index >= 15 is 0 Å². The van der Waals surface area contributed by atoms with Crippen LogP contribution in [0, 0.1) is 11.8 Å². The first-order chi connectivity index (χ1) is 59.4. The van der Waals surface area contributed by atoms with Crippen LogP contribution in [0.1, 0.15) is 140 Å². The highest BCUT2D eigenvalue weighted by atomic mass is 28.4. The van der Waals surface area contributed by atoms with E-state index in [9.17, 15) is 38.7 Å². The van der Waals surface area contributed by atoms with Crippen LogP contribution in [0.4, 0.5) is 4.79 Å². The molecule has 5 amide bonds. The van der Waals surface area contributed by atoms with Gasteiger partial charge in [-0.2, -0.15) is 0 Å². The predicted octanol–water partition coefficient (Wildman–Crippen LogP) is 8.44. The maximum absolute atomic E-state index is 14.6. The minimum atomic E-state index is -2.83. The number of benzene rings is 6. The van der Waals surface area contributed by atoms with Crippen LogP contribution in [0.2, 0.25) is 10.1 Å². The van der Waals surface area contributed by atoms with Crippen molar-refractivity contribution in [3.63, 3.8) is 0 Å². The molecule has 0 spiro atoms. The largest absolute Gasteiger partial charge is 0.484 e. The number of primary amides is 1. The third-order valence-corrected chi connectivity index (χ3v) is 34.3. The lowest BCUT2D eigenvalue weighted by Crippen LogP contribution is -2.67. The number of fused-ring (bicyclic) bond motifs is 4. The fourth-order valence-electron chi connectivity index (χ4n) is 17.5. The second-order valence-corrected chi connectivity index (χ2v) is 43.9. The number of methoxy groups -OCH3 is 2. The van der Waals surface area contributed by atoms with Crippen LogP contribution in [-0.4, -0.2) is 207 Å². The van der Waals surface area contributed by atoms with Gasteiger partial charge in [0.25, 0.3) is 40.3 Å². The second kappa shape index (κ2) is 41.6. The number of amides is 5. The lowest BCUT2D eigenvalue weighted by Gasteiger charge is -2.44. The SMILES string of the molecule is CO[C@H]1/C=C\C=C(/C)C(=O)NC2=CC(=O)C(NCc3ccc(CNC(=O)COc4cc(C(=O)NC[C@H]5CCN6CC[C@H](CO[Si](c7ccccc7)(c7ccccc7)C(C)(C)C)N=C6N5)cc(C(=O)NC[C@H]5CCN6CC[C@H](CO[Si](c7ccccc7)(c7ccccc7)C(C)(C)C)N=C6N5)c4)cc3)=C(C[C@@H](C)C[C@H](OC)[C@H](O)[C@@H](C)/C=C(\C)[C@@H]1OC(N)=O)C2=O. The van der Waals surface area contributed by atoms with Crippen LogP contribution in [0.25, 0.3) is 0 Å². The van der Waals surface area contributed by atoms with E-state index in [-0.39, 0.29) is 119 Å². The fourth-order valence-corrected chi connectivity index (χ4v) is 26.7. The van der Waals surface area contributed by atoms with Crippen LogP contribution in [0.3, 0.4) is 0 Å². The Kier molecular flexibility index (Phi) is 30.9. The molecule has 0 unspecified atom stereocenters. The molecule has 1 aliphatic carbocycles. The quantitative estimate of drug-likeness (QED) is 0.0133. The van der Waals surface area contributed by atoms with Gasteiger partial charge in [-0.1, -0.05) is 225 Å². The second-order valence-electron chi connectivity index (χ2n) is 35.3. The summed E-state index contributed by atoms with van der Waals surface area (Å²) in [5.74, 6) is -2.32. The average Bonchev–Trinajstić information content (AvgIpc) is 0.749. The van der Waals surface area contributed by atoms with E-state index in [1.807, 2.05) is 55.5 Å². The number of carbonyl (C=O) groups excluding carboxylic acids is 7. The fraction of sp³-hybridized carbons (Fsp3) is 0.427. The zero-order valence-corrected chi connectivity index (χ0v) is 75.4. The number of nitrogens with one attached hydrogen (secondary N) is 7. The Morgan fingerprint density at radius 1 is 0.621 bits per heavy atom. The molecular weight excluding hydrogens is 1600 g/mol. The zero-order valence-electron chi connectivity index (χ0n) is 73.4. The van der Waals surface area contributed by atoms with Crippen molar-refractivity contribution in [1.29, 1.82) is 0 Å². The Morgan fingerprint density at radius 3 is 1.56 bits per heavy atom. The van der Waals surface area contributed by atoms with E-state index in [0.29, 0.717) is 18.8 Å². The standard InChI is InChI=1S/C96H122N12O14Si2/c1-62-48-79-85(81(109)54-80(87(79)112)106-89(113)63(2)26-25-35-82(117-11)88(122-92(97)116)65(4)50-64(3)86(111)83(49-62)118-12)99-56-67-38-36-66(37-39-67)55-98-84(110)61-119-74-52-68(90(114)100-57-70-40-44-107-46-42-72(104-93(107)102-70)59-120-123(95(5,6)7,75-27-17-13-18-28-75)76-29-19-14-20-30-76)51-69(53-74)91(115)101-58-71-41-45-108-47-43-73(105-94(108)103-71)60-121-124(96(8,9)10,77-31-21-15-22-32-77)78-33-23-16-24-34-78/h13-39,50-54,62,64,70-73,82-83,86,88,99,111H,40-49,55-61H2,1-12H3,(H2,97,116)(H,98,110)(H,100,114)(H,101,115)(H,102,104)(H,103,105)(H,106,113)/b35-25-,63-26+,65-50+/t62-,64+,70-,71-,72-,73-,82+,83+,86-,88+/m1/s1. The first-order valence-corrected chi connectivity index (χ1v) is 46.9. The molecule has 26 nitrogen and oxygen atoms in total. The molecule has 2 bridgehead atoms. The Labute approximate surface area is 730 Å². The van der Waals surface area contributed by atoms with E-state index in [1.54, 1.807) is 32.1 Å². The molecule has 0 aromatic heterocycles. The van der Waals surface area contributed by atoms with Crippen molar-refractivity contribution in [2.75, 3.05) is 73.3 Å². The smallest absolute Gasteiger partial charge is 0.405 e. The van der Waals surface area contributed by atoms with Crippen molar-refractivity contribution in [3.05, 3.63) is 245 Å². The van der Waals surface area contributed by atoms with Gasteiger partial charge in [0.2, 0.25) is 11.6 Å². The highest BCUT2D eigenvalue weighted by Gasteiger charge is 2.52. The van der Waals surface area contributed by atoms with Crippen LogP contribution in [-0.2, 0) is 55.3 Å². The van der Waals surface area contributed by atoms with Crippen molar-refractivity contribution in [1.82, 2.24) is 47.0 Å². The van der Waals surface area contributed by atoms with E-state index in [0.717, 1.165) is 81.0 Å². The number of guanidine groups is 2. The number of ether oxygens (including phenoxy) is 4. The minimum Gasteiger partial charge on any atom is -0.484 e.